The lowest BCUT2D eigenvalue weighted by molar-refractivity contribution is 0.0736. The zero-order chi connectivity index (χ0) is 21.0. The minimum Gasteiger partial charge on any atom is -0.335 e. The maximum Gasteiger partial charge on any atom is 0.261 e. The van der Waals surface area contributed by atoms with Crippen LogP contribution in [0.25, 0.3) is 0 Å². The first-order chi connectivity index (χ1) is 14.5. The van der Waals surface area contributed by atoms with E-state index in [0.717, 1.165) is 25.8 Å². The van der Waals surface area contributed by atoms with Crippen LogP contribution in [-0.4, -0.2) is 31.8 Å². The van der Waals surface area contributed by atoms with Gasteiger partial charge < -0.3 is 4.90 Å². The highest BCUT2D eigenvalue weighted by Crippen LogP contribution is 2.24. The highest BCUT2D eigenvalue weighted by molar-refractivity contribution is 7.92. The zero-order valence-electron chi connectivity index (χ0n) is 16.6. The van der Waals surface area contributed by atoms with E-state index in [2.05, 4.69) is 16.9 Å². The summed E-state index contributed by atoms with van der Waals surface area (Å²) in [6, 6.07) is 25.3. The van der Waals surface area contributed by atoms with Crippen molar-refractivity contribution in [2.75, 3.05) is 11.3 Å². The molecule has 1 heterocycles. The fourth-order valence-corrected chi connectivity index (χ4v) is 4.92. The third kappa shape index (κ3) is 4.54. The molecular weight excluding hydrogens is 396 g/mol. The van der Waals surface area contributed by atoms with E-state index >= 15 is 0 Å². The smallest absolute Gasteiger partial charge is 0.261 e. The number of para-hydroxylation sites is 1. The lowest BCUT2D eigenvalue weighted by Gasteiger charge is -2.25. The van der Waals surface area contributed by atoms with Crippen molar-refractivity contribution in [3.8, 4) is 0 Å². The first kappa shape index (κ1) is 20.2. The monoisotopic (exact) mass is 420 g/mol. The summed E-state index contributed by atoms with van der Waals surface area (Å²) in [5.41, 5.74) is 2.22. The summed E-state index contributed by atoms with van der Waals surface area (Å²) in [6.07, 6.45) is 2.80. The van der Waals surface area contributed by atoms with Crippen LogP contribution in [0, 0.1) is 0 Å². The van der Waals surface area contributed by atoms with Crippen molar-refractivity contribution in [2.24, 2.45) is 0 Å². The van der Waals surface area contributed by atoms with Crippen LogP contribution >= 0.6 is 0 Å². The zero-order valence-corrected chi connectivity index (χ0v) is 17.4. The molecular formula is C24H24N2O3S. The second-order valence-corrected chi connectivity index (χ2v) is 9.16. The Morgan fingerprint density at radius 3 is 2.20 bits per heavy atom. The second-order valence-electron chi connectivity index (χ2n) is 7.48. The van der Waals surface area contributed by atoms with E-state index in [-0.39, 0.29) is 16.8 Å². The number of hydrogen-bond donors (Lipinski definition) is 1. The lowest BCUT2D eigenvalue weighted by Crippen LogP contribution is -2.36. The van der Waals surface area contributed by atoms with E-state index in [1.54, 1.807) is 36.4 Å². The molecule has 0 bridgehead atoms. The highest BCUT2D eigenvalue weighted by atomic mass is 32.2. The van der Waals surface area contributed by atoms with Gasteiger partial charge in [-0.25, -0.2) is 8.42 Å². The molecule has 30 heavy (non-hydrogen) atoms. The van der Waals surface area contributed by atoms with Gasteiger partial charge in [-0.1, -0.05) is 48.5 Å². The van der Waals surface area contributed by atoms with Crippen molar-refractivity contribution in [1.29, 1.82) is 0 Å². The van der Waals surface area contributed by atoms with Crippen LogP contribution in [0.15, 0.2) is 89.8 Å². The van der Waals surface area contributed by atoms with Gasteiger partial charge in [0.05, 0.1) is 4.90 Å². The molecule has 4 rings (SSSR count). The van der Waals surface area contributed by atoms with Crippen LogP contribution in [0.5, 0.6) is 0 Å². The predicted molar refractivity (Wildman–Crippen MR) is 118 cm³/mol. The lowest BCUT2D eigenvalue weighted by atomic mass is 10.0. The van der Waals surface area contributed by atoms with Crippen LogP contribution in [0.1, 0.15) is 28.8 Å². The molecule has 1 saturated heterocycles. The van der Waals surface area contributed by atoms with Gasteiger partial charge in [-0.2, -0.15) is 0 Å². The number of nitrogens with one attached hydrogen (secondary N) is 1. The summed E-state index contributed by atoms with van der Waals surface area (Å²) in [7, 11) is -3.70. The SMILES string of the molecule is O=C(c1ccc(S(=O)(=O)Nc2ccccc2)cc1)N1CCC[C@@H]1Cc1ccccc1. The van der Waals surface area contributed by atoms with E-state index in [1.807, 2.05) is 29.2 Å². The molecule has 154 valence electrons. The van der Waals surface area contributed by atoms with Crippen molar-refractivity contribution >= 4 is 21.6 Å². The molecule has 1 fully saturated rings. The Bertz CT molecular complexity index is 1100. The number of likely N-dealkylation sites (tertiary alicyclic amines) is 1. The van der Waals surface area contributed by atoms with Crippen molar-refractivity contribution < 1.29 is 13.2 Å². The molecule has 0 aromatic heterocycles. The quantitative estimate of drug-likeness (QED) is 0.645. The number of nitrogens with zero attached hydrogens (tertiary/aromatic N) is 1. The number of amides is 1. The molecule has 3 aromatic rings. The van der Waals surface area contributed by atoms with Gasteiger partial charge >= 0.3 is 0 Å². The number of rotatable bonds is 6. The number of benzene rings is 3. The summed E-state index contributed by atoms with van der Waals surface area (Å²) >= 11 is 0. The van der Waals surface area contributed by atoms with Gasteiger partial charge in [0, 0.05) is 23.8 Å². The fraction of sp³-hybridized carbons (Fsp3) is 0.208. The first-order valence-corrected chi connectivity index (χ1v) is 11.5. The van der Waals surface area contributed by atoms with Crippen molar-refractivity contribution in [1.82, 2.24) is 4.90 Å². The molecule has 1 atom stereocenters. The molecule has 5 nitrogen and oxygen atoms in total. The van der Waals surface area contributed by atoms with Crippen LogP contribution in [0.4, 0.5) is 5.69 Å². The normalized spacial score (nSPS) is 16.4. The van der Waals surface area contributed by atoms with Crippen molar-refractivity contribution in [3.63, 3.8) is 0 Å². The van der Waals surface area contributed by atoms with Gasteiger partial charge in [0.15, 0.2) is 0 Å². The number of anilines is 1. The Kier molecular flexibility index (Phi) is 5.86. The molecule has 1 aliphatic heterocycles. The Labute approximate surface area is 177 Å². The van der Waals surface area contributed by atoms with Gasteiger partial charge in [0.1, 0.15) is 0 Å². The number of sulfonamides is 1. The number of carbonyl (C=O) groups excluding carboxylic acids is 1. The van der Waals surface area contributed by atoms with E-state index in [1.165, 1.54) is 17.7 Å². The maximum absolute atomic E-state index is 13.1. The summed E-state index contributed by atoms with van der Waals surface area (Å²) in [5.74, 6) is -0.0478. The average molecular weight is 421 g/mol. The minimum atomic E-state index is -3.70. The Morgan fingerprint density at radius 2 is 1.53 bits per heavy atom. The molecule has 0 unspecified atom stereocenters. The van der Waals surface area contributed by atoms with E-state index < -0.39 is 10.0 Å². The standard InChI is InChI=1S/C24H24N2O3S/c27-24(26-17-7-12-22(26)18-19-8-3-1-4-9-19)20-13-15-23(16-14-20)30(28,29)25-21-10-5-2-6-11-21/h1-6,8-11,13-16,22,25H,7,12,17-18H2/t22-/m1/s1. The molecule has 0 radical (unpaired) electrons. The van der Waals surface area contributed by atoms with Crippen LogP contribution < -0.4 is 4.72 Å². The molecule has 6 heteroatoms. The summed E-state index contributed by atoms with van der Waals surface area (Å²) in [4.78, 5) is 15.1. The van der Waals surface area contributed by atoms with E-state index in [0.29, 0.717) is 11.3 Å². The molecule has 1 N–H and O–H groups in total. The summed E-state index contributed by atoms with van der Waals surface area (Å²) < 4.78 is 27.7. The van der Waals surface area contributed by atoms with E-state index in [9.17, 15) is 13.2 Å². The van der Waals surface area contributed by atoms with Gasteiger partial charge in [-0.15, -0.1) is 0 Å². The summed E-state index contributed by atoms with van der Waals surface area (Å²) in [5, 5.41) is 0. The fourth-order valence-electron chi connectivity index (χ4n) is 3.86. The van der Waals surface area contributed by atoms with Crippen LogP contribution in [0.2, 0.25) is 0 Å². The Morgan fingerprint density at radius 1 is 0.900 bits per heavy atom. The minimum absolute atomic E-state index is 0.0478. The molecule has 0 aliphatic carbocycles. The van der Waals surface area contributed by atoms with E-state index in [4.69, 9.17) is 0 Å². The predicted octanol–water partition coefficient (Wildman–Crippen LogP) is 4.33. The highest BCUT2D eigenvalue weighted by Gasteiger charge is 2.29. The van der Waals surface area contributed by atoms with Crippen LogP contribution in [0.3, 0.4) is 0 Å². The molecule has 1 amide bonds. The first-order valence-electron chi connectivity index (χ1n) is 10.1. The Balaban J connectivity index is 1.47. The average Bonchev–Trinajstić information content (AvgIpc) is 3.22. The molecule has 0 saturated carbocycles. The summed E-state index contributed by atoms with van der Waals surface area (Å²) in [6.45, 7) is 0.728. The Hall–Kier alpha value is -3.12. The molecule has 3 aromatic carbocycles. The third-order valence-corrected chi connectivity index (χ3v) is 6.79. The molecule has 0 spiro atoms. The van der Waals surface area contributed by atoms with Crippen LogP contribution in [-0.2, 0) is 16.4 Å². The topological polar surface area (TPSA) is 66.5 Å². The third-order valence-electron chi connectivity index (χ3n) is 5.39. The van der Waals surface area contributed by atoms with Crippen molar-refractivity contribution in [3.05, 3.63) is 96.1 Å². The second kappa shape index (κ2) is 8.71. The maximum atomic E-state index is 13.1. The van der Waals surface area contributed by atoms with Gasteiger partial charge in [-0.3, -0.25) is 9.52 Å². The van der Waals surface area contributed by atoms with Crippen molar-refractivity contribution in [2.45, 2.75) is 30.2 Å². The van der Waals surface area contributed by atoms with Gasteiger partial charge in [0.25, 0.3) is 15.9 Å². The van der Waals surface area contributed by atoms with Gasteiger partial charge in [-0.05, 0) is 61.2 Å². The number of hydrogen-bond acceptors (Lipinski definition) is 3. The molecule has 1 aliphatic rings. The van der Waals surface area contributed by atoms with Gasteiger partial charge in [0.2, 0.25) is 0 Å². The largest absolute Gasteiger partial charge is 0.335 e. The number of carbonyl (C=O) groups is 1.